The van der Waals surface area contributed by atoms with Crippen molar-refractivity contribution >= 4 is 11.0 Å². The quantitative estimate of drug-likeness (QED) is 0.147. The van der Waals surface area contributed by atoms with Gasteiger partial charge in [-0.05, 0) is 100 Å². The van der Waals surface area contributed by atoms with Crippen molar-refractivity contribution in [3.63, 3.8) is 0 Å². The Morgan fingerprint density at radius 3 is 1.93 bits per heavy atom. The number of rotatable bonds is 9. The Hall–Kier alpha value is -6.35. The topological polar surface area (TPSA) is 50.9 Å². The summed E-state index contributed by atoms with van der Waals surface area (Å²) in [4.78, 5) is 10.4. The van der Waals surface area contributed by atoms with Gasteiger partial charge in [-0.25, -0.2) is 4.98 Å². The van der Waals surface area contributed by atoms with Gasteiger partial charge in [0.1, 0.15) is 11.6 Å². The van der Waals surface area contributed by atoms with Crippen molar-refractivity contribution in [2.75, 3.05) is 0 Å². The molecule has 61 heavy (non-hydrogen) atoms. The Labute approximate surface area is 378 Å². The number of hydrogen-bond donors (Lipinski definition) is 1. The van der Waals surface area contributed by atoms with Crippen LogP contribution in [-0.4, -0.2) is 19.6 Å². The first-order valence-corrected chi connectivity index (χ1v) is 20.6. The average Bonchev–Trinajstić information content (AvgIpc) is 3.69. The van der Waals surface area contributed by atoms with E-state index in [1.54, 1.807) is 12.1 Å². The van der Waals surface area contributed by atoms with Crippen molar-refractivity contribution < 1.29 is 30.3 Å². The van der Waals surface area contributed by atoms with Gasteiger partial charge in [0.05, 0.1) is 16.6 Å². The van der Waals surface area contributed by atoms with E-state index < -0.39 is 6.85 Å². The molecule has 9 rings (SSSR count). The molecule has 7 aromatic carbocycles. The number of fused-ring (bicyclic) bond motifs is 1. The standard InChI is InChI=1S/C56H48N3O.Pt/c1-35(2)43-32-50(36(3)4)55(60)51(33-43)56-58-54-49(18-13-19-53(54)59(56)48-27-38(6)26-44(31-48)39-14-9-7-10-15-39)46-28-45(40-16-11-8-12-17-40)29-47(30-46)52-34-42(24-25-57-52)41-22-20-37(5)21-23-41;/h7-29,31-36,60H,1-6H3;/q-1;/i6D3;. The molecule has 5 heteroatoms. The molecule has 2 aromatic heterocycles. The molecule has 4 nitrogen and oxygen atoms in total. The smallest absolute Gasteiger partial charge is 0.148 e. The number of aryl methyl sites for hydroxylation is 2. The molecule has 1 N–H and O–H groups in total. The number of benzene rings is 7. The van der Waals surface area contributed by atoms with Crippen LogP contribution in [0.1, 0.15) is 65.9 Å². The summed E-state index contributed by atoms with van der Waals surface area (Å²) in [5, 5.41) is 12.2. The van der Waals surface area contributed by atoms with Gasteiger partial charge in [0.2, 0.25) is 0 Å². The summed E-state index contributed by atoms with van der Waals surface area (Å²) < 4.78 is 27.7. The Morgan fingerprint density at radius 1 is 0.590 bits per heavy atom. The zero-order valence-electron chi connectivity index (χ0n) is 37.8. The number of nitrogens with zero attached hydrogens (tertiary/aromatic N) is 3. The molecule has 9 aromatic rings. The number of imidazole rings is 1. The van der Waals surface area contributed by atoms with Gasteiger partial charge < -0.3 is 5.11 Å². The van der Waals surface area contributed by atoms with E-state index in [9.17, 15) is 5.11 Å². The SMILES string of the molecule is [2H]C([2H])([2H])c1cc(-c2ccccc2)cc(-n2c(-c3cc(C(C)C)cc(C(C)C)c3O)nc3c(-c4[c-]c(-c5cc(-c6ccc(C)cc6)ccn5)cc(-c5ccccc5)c4)cccc32)c1.[Pt]. The van der Waals surface area contributed by atoms with Crippen LogP contribution >= 0.6 is 0 Å². The van der Waals surface area contributed by atoms with Gasteiger partial charge in [-0.2, -0.15) is 0 Å². The minimum absolute atomic E-state index is 0. The summed E-state index contributed by atoms with van der Waals surface area (Å²) in [6.07, 6.45) is 1.85. The van der Waals surface area contributed by atoms with E-state index in [0.717, 1.165) is 72.4 Å². The van der Waals surface area contributed by atoms with Gasteiger partial charge in [0, 0.05) is 42.8 Å². The first kappa shape index (κ1) is 37.6. The molecule has 0 atom stereocenters. The van der Waals surface area contributed by atoms with E-state index in [1.165, 1.54) is 5.56 Å². The molecule has 0 spiro atoms. The van der Waals surface area contributed by atoms with E-state index in [2.05, 4.69) is 107 Å². The van der Waals surface area contributed by atoms with Crippen LogP contribution in [0.3, 0.4) is 0 Å². The zero-order valence-corrected chi connectivity index (χ0v) is 37.1. The predicted molar refractivity (Wildman–Crippen MR) is 250 cm³/mol. The van der Waals surface area contributed by atoms with Crippen LogP contribution in [-0.2, 0) is 21.1 Å². The minimum atomic E-state index is -2.39. The van der Waals surface area contributed by atoms with Crippen molar-refractivity contribution in [1.82, 2.24) is 14.5 Å². The second kappa shape index (κ2) is 17.3. The van der Waals surface area contributed by atoms with Crippen LogP contribution in [0.25, 0.3) is 83.9 Å². The average molecular weight is 977 g/mol. The Balaban J connectivity index is 0.00000560. The van der Waals surface area contributed by atoms with Crippen LogP contribution in [0.15, 0.2) is 164 Å². The molecule has 304 valence electrons. The molecule has 0 bridgehead atoms. The monoisotopic (exact) mass is 976 g/mol. The molecule has 0 saturated carbocycles. The number of aromatic hydroxyl groups is 1. The van der Waals surface area contributed by atoms with Crippen molar-refractivity contribution in [2.45, 2.75) is 53.3 Å². The van der Waals surface area contributed by atoms with Crippen LogP contribution in [0.4, 0.5) is 0 Å². The largest absolute Gasteiger partial charge is 0.507 e. The number of phenolic OH excluding ortho intramolecular Hbond substituents is 1. The van der Waals surface area contributed by atoms with E-state index in [1.807, 2.05) is 89.6 Å². The summed E-state index contributed by atoms with van der Waals surface area (Å²) in [5.41, 5.74) is 15.1. The number of phenols is 1. The minimum Gasteiger partial charge on any atom is -0.507 e. The third-order valence-electron chi connectivity index (χ3n) is 11.3. The van der Waals surface area contributed by atoms with E-state index in [4.69, 9.17) is 14.1 Å². The molecule has 0 aliphatic rings. The van der Waals surface area contributed by atoms with Crippen LogP contribution in [0.2, 0.25) is 0 Å². The van der Waals surface area contributed by atoms with Crippen molar-refractivity contribution in [1.29, 1.82) is 0 Å². The number of aromatic nitrogens is 3. The fourth-order valence-electron chi connectivity index (χ4n) is 8.07. The van der Waals surface area contributed by atoms with E-state index in [-0.39, 0.29) is 44.2 Å². The molecule has 0 aliphatic heterocycles. The van der Waals surface area contributed by atoms with Gasteiger partial charge in [-0.15, -0.1) is 23.8 Å². The van der Waals surface area contributed by atoms with Crippen molar-refractivity contribution in [2.24, 2.45) is 0 Å². The molecular formula is C56H48N3OPt-. The Morgan fingerprint density at radius 2 is 1.26 bits per heavy atom. The Kier molecular flexibility index (Phi) is 10.7. The maximum Gasteiger partial charge on any atom is 0.148 e. The van der Waals surface area contributed by atoms with Gasteiger partial charge in [0.25, 0.3) is 0 Å². The van der Waals surface area contributed by atoms with Crippen molar-refractivity contribution in [3.05, 3.63) is 192 Å². The van der Waals surface area contributed by atoms with Crippen LogP contribution in [0.5, 0.6) is 5.75 Å². The molecule has 0 aliphatic carbocycles. The molecule has 2 heterocycles. The number of para-hydroxylation sites is 1. The second-order valence-corrected chi connectivity index (χ2v) is 16.3. The predicted octanol–water partition coefficient (Wildman–Crippen LogP) is 14.8. The van der Waals surface area contributed by atoms with E-state index in [0.29, 0.717) is 22.6 Å². The molecular weight excluding hydrogens is 926 g/mol. The molecule has 0 saturated heterocycles. The summed E-state index contributed by atoms with van der Waals surface area (Å²) in [5.74, 6) is 0.868. The summed E-state index contributed by atoms with van der Waals surface area (Å²) in [6, 6.07) is 56.5. The molecule has 0 radical (unpaired) electrons. The van der Waals surface area contributed by atoms with Crippen LogP contribution < -0.4 is 0 Å². The second-order valence-electron chi connectivity index (χ2n) is 16.3. The maximum absolute atomic E-state index is 12.2. The molecule has 0 unspecified atom stereocenters. The zero-order chi connectivity index (χ0) is 44.0. The fraction of sp³-hybridized carbons (Fsp3) is 0.143. The van der Waals surface area contributed by atoms with Crippen LogP contribution in [0, 0.1) is 19.8 Å². The van der Waals surface area contributed by atoms with Gasteiger partial charge >= 0.3 is 0 Å². The van der Waals surface area contributed by atoms with E-state index >= 15 is 0 Å². The van der Waals surface area contributed by atoms with Gasteiger partial charge in [0.15, 0.2) is 0 Å². The first-order valence-electron chi connectivity index (χ1n) is 22.1. The van der Waals surface area contributed by atoms with Gasteiger partial charge in [-0.1, -0.05) is 165 Å². The number of pyridine rings is 1. The number of hydrogen-bond acceptors (Lipinski definition) is 3. The fourth-order valence-corrected chi connectivity index (χ4v) is 8.07. The third kappa shape index (κ3) is 8.26. The third-order valence-corrected chi connectivity index (χ3v) is 11.3. The van der Waals surface area contributed by atoms with Gasteiger partial charge in [-0.3, -0.25) is 9.55 Å². The summed E-state index contributed by atoms with van der Waals surface area (Å²) >= 11 is 0. The molecule has 0 amide bonds. The Bertz CT molecular complexity index is 3120. The normalized spacial score (nSPS) is 12.3. The van der Waals surface area contributed by atoms with Crippen molar-refractivity contribution in [3.8, 4) is 78.6 Å². The molecule has 0 fully saturated rings. The maximum atomic E-state index is 12.2. The summed E-state index contributed by atoms with van der Waals surface area (Å²) in [6.45, 7) is 8.14. The summed E-state index contributed by atoms with van der Waals surface area (Å²) in [7, 11) is 0. The first-order chi connectivity index (χ1) is 30.3.